The molecule has 0 saturated heterocycles. The van der Waals surface area contributed by atoms with Gasteiger partial charge in [-0.1, -0.05) is 42.7 Å². The van der Waals surface area contributed by atoms with E-state index in [1.54, 1.807) is 5.56 Å². The van der Waals surface area contributed by atoms with Crippen LogP contribution in [0.4, 0.5) is 0 Å². The van der Waals surface area contributed by atoms with Crippen LogP contribution in [0, 0.1) is 13.3 Å². The van der Waals surface area contributed by atoms with Crippen molar-refractivity contribution < 1.29 is 18.6 Å². The van der Waals surface area contributed by atoms with E-state index >= 15 is 0 Å². The van der Waals surface area contributed by atoms with Crippen molar-refractivity contribution in [1.82, 2.24) is 0 Å². The summed E-state index contributed by atoms with van der Waals surface area (Å²) in [5.74, 6) is 0.825. The van der Waals surface area contributed by atoms with Crippen LogP contribution < -0.4 is 0 Å². The van der Waals surface area contributed by atoms with E-state index in [9.17, 15) is 0 Å². The SMILES string of the molecule is Cc1ccc(C2CC[CH-]CC2)cc1.[V]. The maximum Gasteiger partial charge on any atom is 0 e. The molecule has 1 aliphatic rings. The molecule has 0 unspecified atom stereocenters. The van der Waals surface area contributed by atoms with Crippen LogP contribution in [-0.2, 0) is 18.6 Å². The van der Waals surface area contributed by atoms with Gasteiger partial charge in [-0.15, -0.1) is 0 Å². The van der Waals surface area contributed by atoms with Crippen LogP contribution >= 0.6 is 0 Å². The molecule has 0 spiro atoms. The van der Waals surface area contributed by atoms with Crippen molar-refractivity contribution in [3.8, 4) is 0 Å². The Balaban J connectivity index is 0.000000980. The molecule has 1 aromatic rings. The number of hydrogen-bond donors (Lipinski definition) is 0. The summed E-state index contributed by atoms with van der Waals surface area (Å²) in [6.45, 7) is 2.15. The number of rotatable bonds is 1. The number of benzene rings is 1. The third-order valence-electron chi connectivity index (χ3n) is 2.99. The molecule has 0 N–H and O–H groups in total. The Morgan fingerprint density at radius 3 is 2.21 bits per heavy atom. The topological polar surface area (TPSA) is 0 Å². The predicted molar refractivity (Wildman–Crippen MR) is 56.7 cm³/mol. The summed E-state index contributed by atoms with van der Waals surface area (Å²) < 4.78 is 0. The van der Waals surface area contributed by atoms with Gasteiger partial charge in [-0.3, -0.25) is 0 Å². The second-order valence-electron chi connectivity index (χ2n) is 4.05. The average molecular weight is 224 g/mol. The van der Waals surface area contributed by atoms with Crippen molar-refractivity contribution in [3.63, 3.8) is 0 Å². The van der Waals surface area contributed by atoms with Crippen LogP contribution in [-0.4, -0.2) is 0 Å². The number of aryl methyl sites for hydroxylation is 1. The zero-order valence-electron chi connectivity index (χ0n) is 8.74. The first-order valence-electron chi connectivity index (χ1n) is 5.24. The Kier molecular flexibility index (Phi) is 4.77. The second kappa shape index (κ2) is 5.63. The summed E-state index contributed by atoms with van der Waals surface area (Å²) >= 11 is 0. The van der Waals surface area contributed by atoms with Gasteiger partial charge in [0.05, 0.1) is 0 Å². The van der Waals surface area contributed by atoms with E-state index in [0.717, 1.165) is 5.92 Å². The van der Waals surface area contributed by atoms with E-state index in [4.69, 9.17) is 0 Å². The molecule has 0 heterocycles. The average Bonchev–Trinajstić information content (AvgIpc) is 2.20. The first-order chi connectivity index (χ1) is 6.36. The molecule has 1 aliphatic carbocycles. The number of hydrogen-bond acceptors (Lipinski definition) is 0. The van der Waals surface area contributed by atoms with Gasteiger partial charge in [0, 0.05) is 18.6 Å². The molecule has 1 radical (unpaired) electrons. The summed E-state index contributed by atoms with van der Waals surface area (Å²) in [6.07, 6.45) is 7.73. The van der Waals surface area contributed by atoms with Crippen molar-refractivity contribution in [2.24, 2.45) is 0 Å². The van der Waals surface area contributed by atoms with E-state index in [1.165, 1.54) is 31.2 Å². The molecule has 1 heteroatoms. The first kappa shape index (κ1) is 11.9. The summed E-state index contributed by atoms with van der Waals surface area (Å²) in [5, 5.41) is 0. The van der Waals surface area contributed by atoms with Gasteiger partial charge in [-0.05, 0) is 18.4 Å². The van der Waals surface area contributed by atoms with Crippen LogP contribution in [0.25, 0.3) is 0 Å². The van der Waals surface area contributed by atoms with Gasteiger partial charge >= 0.3 is 0 Å². The van der Waals surface area contributed by atoms with Crippen LogP contribution in [0.1, 0.15) is 42.7 Å². The summed E-state index contributed by atoms with van der Waals surface area (Å²) in [6, 6.07) is 9.05. The molecule has 0 atom stereocenters. The van der Waals surface area contributed by atoms with Crippen molar-refractivity contribution >= 4 is 0 Å². The molecule has 75 valence electrons. The molecule has 0 aliphatic heterocycles. The molecule has 0 aromatic heterocycles. The van der Waals surface area contributed by atoms with Gasteiger partial charge in [0.15, 0.2) is 0 Å². The monoisotopic (exact) mass is 224 g/mol. The maximum atomic E-state index is 2.42. The van der Waals surface area contributed by atoms with Gasteiger partial charge < -0.3 is 6.42 Å². The molecule has 1 fully saturated rings. The molecule has 0 amide bonds. The van der Waals surface area contributed by atoms with Crippen molar-refractivity contribution in [2.45, 2.75) is 38.5 Å². The molecule has 2 rings (SSSR count). The van der Waals surface area contributed by atoms with E-state index in [0.29, 0.717) is 0 Å². The normalized spacial score (nSPS) is 17.5. The van der Waals surface area contributed by atoms with Gasteiger partial charge in [0.25, 0.3) is 0 Å². The zero-order chi connectivity index (χ0) is 9.10. The Bertz CT molecular complexity index is 257. The van der Waals surface area contributed by atoms with E-state index in [2.05, 4.69) is 37.6 Å². The van der Waals surface area contributed by atoms with E-state index in [-0.39, 0.29) is 18.6 Å². The summed E-state index contributed by atoms with van der Waals surface area (Å²) in [4.78, 5) is 0. The third-order valence-corrected chi connectivity index (χ3v) is 2.99. The van der Waals surface area contributed by atoms with Crippen molar-refractivity contribution in [1.29, 1.82) is 0 Å². The van der Waals surface area contributed by atoms with Crippen LogP contribution in [0.2, 0.25) is 0 Å². The minimum atomic E-state index is 0. The standard InChI is InChI=1S/C13H17.V/c1-11-7-9-13(10-8-11)12-5-3-2-4-6-12;/h2,7-10,12H,3-6H2,1H3;/q-1;. The zero-order valence-corrected chi connectivity index (χ0v) is 10.1. The molecule has 1 aromatic carbocycles. The van der Waals surface area contributed by atoms with Gasteiger partial charge in [0.2, 0.25) is 0 Å². The molecular formula is C13H17V-. The van der Waals surface area contributed by atoms with Gasteiger partial charge in [-0.2, -0.15) is 12.8 Å². The van der Waals surface area contributed by atoms with Gasteiger partial charge in [-0.25, -0.2) is 0 Å². The van der Waals surface area contributed by atoms with Crippen LogP contribution in [0.15, 0.2) is 24.3 Å². The Hall–Kier alpha value is -0.196. The molecule has 0 bridgehead atoms. The first-order valence-corrected chi connectivity index (χ1v) is 5.24. The Morgan fingerprint density at radius 1 is 1.07 bits per heavy atom. The second-order valence-corrected chi connectivity index (χ2v) is 4.05. The summed E-state index contributed by atoms with van der Waals surface area (Å²) in [5.41, 5.74) is 2.91. The Labute approximate surface area is 99.0 Å². The fourth-order valence-corrected chi connectivity index (χ4v) is 2.10. The Morgan fingerprint density at radius 2 is 1.64 bits per heavy atom. The smallest absolute Gasteiger partial charge is 0 e. The summed E-state index contributed by atoms with van der Waals surface area (Å²) in [7, 11) is 0. The molecular weight excluding hydrogens is 207 g/mol. The quantitative estimate of drug-likeness (QED) is 0.635. The van der Waals surface area contributed by atoms with Crippen molar-refractivity contribution in [3.05, 3.63) is 41.8 Å². The van der Waals surface area contributed by atoms with E-state index < -0.39 is 0 Å². The minimum Gasteiger partial charge on any atom is -0.328 e. The largest absolute Gasteiger partial charge is 0.328 e. The molecule has 0 nitrogen and oxygen atoms in total. The molecule has 1 saturated carbocycles. The fraction of sp³-hybridized carbons (Fsp3) is 0.462. The van der Waals surface area contributed by atoms with E-state index in [1.807, 2.05) is 0 Å². The maximum absolute atomic E-state index is 2.42. The van der Waals surface area contributed by atoms with Crippen LogP contribution in [0.3, 0.4) is 0 Å². The third kappa shape index (κ3) is 2.90. The predicted octanol–water partition coefficient (Wildman–Crippen LogP) is 3.85. The van der Waals surface area contributed by atoms with Crippen molar-refractivity contribution in [2.75, 3.05) is 0 Å². The fourth-order valence-electron chi connectivity index (χ4n) is 2.10. The van der Waals surface area contributed by atoms with Crippen LogP contribution in [0.5, 0.6) is 0 Å². The van der Waals surface area contributed by atoms with Gasteiger partial charge in [0.1, 0.15) is 0 Å². The molecule has 14 heavy (non-hydrogen) atoms. The minimum absolute atomic E-state index is 0.